The van der Waals surface area contributed by atoms with Crippen LogP contribution in [0.3, 0.4) is 0 Å². The van der Waals surface area contributed by atoms with E-state index in [0.717, 1.165) is 26.6 Å². The second kappa shape index (κ2) is 6.97. The number of para-hydroxylation sites is 2. The van der Waals surface area contributed by atoms with Gasteiger partial charge in [-0.05, 0) is 36.1 Å². The average Bonchev–Trinajstić information content (AvgIpc) is 3.10. The maximum atomic E-state index is 11.9. The molecule has 0 radical (unpaired) electrons. The molecule has 0 atom stereocenters. The average molecular weight is 344 g/mol. The van der Waals surface area contributed by atoms with E-state index >= 15 is 0 Å². The molecule has 7 heteroatoms. The summed E-state index contributed by atoms with van der Waals surface area (Å²) in [5.41, 5.74) is 5.70. The second-order valence-corrected chi connectivity index (χ2v) is 6.88. The summed E-state index contributed by atoms with van der Waals surface area (Å²) in [5, 5.41) is 6.82. The Labute approximate surface area is 142 Å². The van der Waals surface area contributed by atoms with Crippen molar-refractivity contribution in [1.29, 1.82) is 0 Å². The summed E-state index contributed by atoms with van der Waals surface area (Å²) < 4.78 is 1.99. The number of aryl methyl sites for hydroxylation is 2. The number of benzene rings is 1. The SMILES string of the molecule is Cc1ccsc1C=NNC(=O)CSc1nc2ccccc2n1C. The molecular weight excluding hydrogens is 328 g/mol. The first-order valence-corrected chi connectivity index (χ1v) is 8.92. The standard InChI is InChI=1S/C16H16N4OS2/c1-11-7-8-22-14(11)9-17-19-15(21)10-23-16-18-12-5-3-4-6-13(12)20(16)2/h3-9H,10H2,1-2H3,(H,19,21). The first-order chi connectivity index (χ1) is 11.1. The topological polar surface area (TPSA) is 59.3 Å². The van der Waals surface area contributed by atoms with Crippen LogP contribution >= 0.6 is 23.1 Å². The summed E-state index contributed by atoms with van der Waals surface area (Å²) >= 11 is 3.00. The van der Waals surface area contributed by atoms with Gasteiger partial charge in [-0.15, -0.1) is 11.3 Å². The third-order valence-corrected chi connectivity index (χ3v) is 5.33. The van der Waals surface area contributed by atoms with Crippen molar-refractivity contribution in [2.24, 2.45) is 12.1 Å². The van der Waals surface area contributed by atoms with E-state index in [1.807, 2.05) is 54.3 Å². The Morgan fingerprint density at radius 1 is 1.43 bits per heavy atom. The van der Waals surface area contributed by atoms with Gasteiger partial charge in [0.1, 0.15) is 0 Å². The lowest BCUT2D eigenvalue weighted by atomic mass is 10.3. The first kappa shape index (κ1) is 15.8. The highest BCUT2D eigenvalue weighted by molar-refractivity contribution is 7.99. The van der Waals surface area contributed by atoms with Gasteiger partial charge in [0.2, 0.25) is 0 Å². The summed E-state index contributed by atoms with van der Waals surface area (Å²) in [6, 6.07) is 9.94. The van der Waals surface area contributed by atoms with Crippen molar-refractivity contribution in [3.63, 3.8) is 0 Å². The van der Waals surface area contributed by atoms with Crippen LogP contribution in [0, 0.1) is 6.92 Å². The van der Waals surface area contributed by atoms with E-state index in [2.05, 4.69) is 15.5 Å². The molecule has 0 saturated carbocycles. The van der Waals surface area contributed by atoms with E-state index in [9.17, 15) is 4.79 Å². The molecule has 23 heavy (non-hydrogen) atoms. The quantitative estimate of drug-likeness (QED) is 0.439. The number of imidazole rings is 1. The normalized spacial score (nSPS) is 11.4. The number of nitrogens with one attached hydrogen (secondary N) is 1. The van der Waals surface area contributed by atoms with Gasteiger partial charge in [-0.1, -0.05) is 23.9 Å². The van der Waals surface area contributed by atoms with Gasteiger partial charge in [0.25, 0.3) is 5.91 Å². The van der Waals surface area contributed by atoms with Crippen molar-refractivity contribution in [1.82, 2.24) is 15.0 Å². The number of hydrazone groups is 1. The van der Waals surface area contributed by atoms with Gasteiger partial charge in [-0.2, -0.15) is 5.10 Å². The maximum absolute atomic E-state index is 11.9. The van der Waals surface area contributed by atoms with Crippen LogP contribution in [0.25, 0.3) is 11.0 Å². The molecule has 1 aromatic carbocycles. The van der Waals surface area contributed by atoms with E-state index in [0.29, 0.717) is 0 Å². The Hall–Kier alpha value is -2.12. The lowest BCUT2D eigenvalue weighted by molar-refractivity contribution is -0.118. The lowest BCUT2D eigenvalue weighted by Gasteiger charge is -2.01. The third-order valence-electron chi connectivity index (χ3n) is 3.35. The molecule has 2 heterocycles. The Balaban J connectivity index is 1.57. The molecule has 0 spiro atoms. The number of carbonyl (C=O) groups excluding carboxylic acids is 1. The monoisotopic (exact) mass is 344 g/mol. The van der Waals surface area contributed by atoms with E-state index < -0.39 is 0 Å². The predicted octanol–water partition coefficient (Wildman–Crippen LogP) is 3.19. The fourth-order valence-corrected chi connectivity index (χ4v) is 3.66. The molecule has 2 aromatic heterocycles. The zero-order valence-corrected chi connectivity index (χ0v) is 14.4. The highest BCUT2D eigenvalue weighted by Gasteiger charge is 2.09. The van der Waals surface area contributed by atoms with Gasteiger partial charge >= 0.3 is 0 Å². The van der Waals surface area contributed by atoms with Crippen LogP contribution in [0.15, 0.2) is 46.0 Å². The molecule has 0 unspecified atom stereocenters. The number of hydrogen-bond donors (Lipinski definition) is 1. The minimum atomic E-state index is -0.146. The number of aromatic nitrogens is 2. The van der Waals surface area contributed by atoms with Gasteiger partial charge in [0.05, 0.1) is 23.0 Å². The van der Waals surface area contributed by atoms with Crippen molar-refractivity contribution in [3.05, 3.63) is 46.2 Å². The molecular formula is C16H16N4OS2. The van der Waals surface area contributed by atoms with E-state index in [1.165, 1.54) is 11.8 Å². The molecule has 0 aliphatic heterocycles. The van der Waals surface area contributed by atoms with Crippen LogP contribution in [0.2, 0.25) is 0 Å². The lowest BCUT2D eigenvalue weighted by Crippen LogP contribution is -2.19. The van der Waals surface area contributed by atoms with Crippen LogP contribution in [-0.4, -0.2) is 27.4 Å². The van der Waals surface area contributed by atoms with Gasteiger partial charge in [-0.25, -0.2) is 10.4 Å². The summed E-state index contributed by atoms with van der Waals surface area (Å²) in [6.45, 7) is 2.02. The Bertz CT molecular complexity index is 866. The third kappa shape index (κ3) is 3.62. The van der Waals surface area contributed by atoms with Crippen LogP contribution in [-0.2, 0) is 11.8 Å². The summed E-state index contributed by atoms with van der Waals surface area (Å²) in [6.07, 6.45) is 1.68. The number of amides is 1. The molecule has 3 aromatic rings. The van der Waals surface area contributed by atoms with Crippen molar-refractivity contribution in [2.75, 3.05) is 5.75 Å². The highest BCUT2D eigenvalue weighted by Crippen LogP contribution is 2.22. The number of nitrogens with zero attached hydrogens (tertiary/aromatic N) is 3. The highest BCUT2D eigenvalue weighted by atomic mass is 32.2. The van der Waals surface area contributed by atoms with Gasteiger partial charge in [0.15, 0.2) is 5.16 Å². The zero-order chi connectivity index (χ0) is 16.2. The fourth-order valence-electron chi connectivity index (χ4n) is 2.09. The summed E-state index contributed by atoms with van der Waals surface area (Å²) in [7, 11) is 1.95. The van der Waals surface area contributed by atoms with Crippen molar-refractivity contribution < 1.29 is 4.79 Å². The van der Waals surface area contributed by atoms with Gasteiger partial charge in [0, 0.05) is 11.9 Å². The Morgan fingerprint density at radius 2 is 2.26 bits per heavy atom. The van der Waals surface area contributed by atoms with Crippen LogP contribution in [0.1, 0.15) is 10.4 Å². The molecule has 1 amide bonds. The first-order valence-electron chi connectivity index (χ1n) is 7.05. The summed E-state index contributed by atoms with van der Waals surface area (Å²) in [4.78, 5) is 17.5. The predicted molar refractivity (Wildman–Crippen MR) is 96.2 cm³/mol. The molecule has 0 aliphatic rings. The Morgan fingerprint density at radius 3 is 3.00 bits per heavy atom. The number of fused-ring (bicyclic) bond motifs is 1. The van der Waals surface area contributed by atoms with Gasteiger partial charge < -0.3 is 4.57 Å². The molecule has 0 fully saturated rings. The van der Waals surface area contributed by atoms with Crippen molar-refractivity contribution in [3.8, 4) is 0 Å². The van der Waals surface area contributed by atoms with Crippen molar-refractivity contribution >= 4 is 46.3 Å². The van der Waals surface area contributed by atoms with Crippen LogP contribution in [0.4, 0.5) is 0 Å². The number of hydrogen-bond acceptors (Lipinski definition) is 5. The minimum absolute atomic E-state index is 0.146. The molecule has 5 nitrogen and oxygen atoms in total. The minimum Gasteiger partial charge on any atom is -0.322 e. The van der Waals surface area contributed by atoms with Crippen LogP contribution < -0.4 is 5.43 Å². The van der Waals surface area contributed by atoms with Gasteiger partial charge in [-0.3, -0.25) is 4.79 Å². The fraction of sp³-hybridized carbons (Fsp3) is 0.188. The molecule has 0 saturated heterocycles. The van der Waals surface area contributed by atoms with E-state index in [1.54, 1.807) is 17.6 Å². The largest absolute Gasteiger partial charge is 0.322 e. The number of thioether (sulfide) groups is 1. The number of thiophene rings is 1. The molecule has 0 bridgehead atoms. The molecule has 118 valence electrons. The molecule has 3 rings (SSSR count). The number of rotatable bonds is 5. The number of carbonyl (C=O) groups is 1. The smallest absolute Gasteiger partial charge is 0.250 e. The Kier molecular flexibility index (Phi) is 4.78. The molecule has 0 aliphatic carbocycles. The van der Waals surface area contributed by atoms with Crippen LogP contribution in [0.5, 0.6) is 0 Å². The summed E-state index contributed by atoms with van der Waals surface area (Å²) in [5.74, 6) is 0.130. The van der Waals surface area contributed by atoms with E-state index in [4.69, 9.17) is 0 Å². The molecule has 1 N–H and O–H groups in total. The maximum Gasteiger partial charge on any atom is 0.250 e. The second-order valence-electron chi connectivity index (χ2n) is 4.99. The van der Waals surface area contributed by atoms with E-state index in [-0.39, 0.29) is 11.7 Å². The zero-order valence-electron chi connectivity index (χ0n) is 12.8. The van der Waals surface area contributed by atoms with Crippen molar-refractivity contribution in [2.45, 2.75) is 12.1 Å².